The summed E-state index contributed by atoms with van der Waals surface area (Å²) < 4.78 is 5.72. The van der Waals surface area contributed by atoms with Gasteiger partial charge >= 0.3 is 0 Å². The average molecular weight is 204 g/mol. The fourth-order valence-corrected chi connectivity index (χ4v) is 1.85. The Balaban J connectivity index is 2.28. The standard InChI is InChI=1S/C12H16N2O/c1-3-11-13-8-9(2)12(14-11)10-6-4-5-7-15-10/h3,8,10H,1,4-7H2,2H3. The van der Waals surface area contributed by atoms with Crippen LogP contribution in [-0.2, 0) is 4.74 Å². The Kier molecular flexibility index (Phi) is 3.11. The second-order valence-corrected chi connectivity index (χ2v) is 3.86. The van der Waals surface area contributed by atoms with Gasteiger partial charge in [-0.2, -0.15) is 0 Å². The lowest BCUT2D eigenvalue weighted by molar-refractivity contribution is 0.0118. The first kappa shape index (κ1) is 10.3. The molecule has 0 radical (unpaired) electrons. The van der Waals surface area contributed by atoms with Crippen LogP contribution in [0.2, 0.25) is 0 Å². The van der Waals surface area contributed by atoms with Crippen LogP contribution in [0.4, 0.5) is 0 Å². The molecule has 1 aliphatic heterocycles. The molecular weight excluding hydrogens is 188 g/mol. The Hall–Kier alpha value is -1.22. The van der Waals surface area contributed by atoms with E-state index in [4.69, 9.17) is 4.74 Å². The molecule has 0 N–H and O–H groups in total. The lowest BCUT2D eigenvalue weighted by atomic mass is 10.0. The van der Waals surface area contributed by atoms with Crippen molar-refractivity contribution < 1.29 is 4.74 Å². The Morgan fingerprint density at radius 1 is 1.53 bits per heavy atom. The Morgan fingerprint density at radius 2 is 2.40 bits per heavy atom. The minimum Gasteiger partial charge on any atom is -0.372 e. The van der Waals surface area contributed by atoms with Gasteiger partial charge in [-0.1, -0.05) is 6.58 Å². The van der Waals surface area contributed by atoms with Gasteiger partial charge in [-0.15, -0.1) is 0 Å². The van der Waals surface area contributed by atoms with E-state index in [1.165, 1.54) is 6.42 Å². The number of hydrogen-bond acceptors (Lipinski definition) is 3. The van der Waals surface area contributed by atoms with Gasteiger partial charge in [0.2, 0.25) is 0 Å². The van der Waals surface area contributed by atoms with Crippen molar-refractivity contribution >= 4 is 6.08 Å². The summed E-state index contributed by atoms with van der Waals surface area (Å²) in [6.07, 6.45) is 7.12. The van der Waals surface area contributed by atoms with Crippen molar-refractivity contribution in [3.63, 3.8) is 0 Å². The molecule has 1 unspecified atom stereocenters. The largest absolute Gasteiger partial charge is 0.372 e. The Labute approximate surface area is 90.2 Å². The molecule has 0 saturated carbocycles. The summed E-state index contributed by atoms with van der Waals surface area (Å²) in [7, 11) is 0. The van der Waals surface area contributed by atoms with Gasteiger partial charge in [0.1, 0.15) is 0 Å². The van der Waals surface area contributed by atoms with E-state index in [1.807, 2.05) is 13.1 Å². The smallest absolute Gasteiger partial charge is 0.151 e. The van der Waals surface area contributed by atoms with Crippen LogP contribution in [0.15, 0.2) is 12.8 Å². The molecule has 0 amide bonds. The van der Waals surface area contributed by atoms with E-state index >= 15 is 0 Å². The number of hydrogen-bond donors (Lipinski definition) is 0. The first-order chi connectivity index (χ1) is 7.31. The van der Waals surface area contributed by atoms with Crippen molar-refractivity contribution in [2.24, 2.45) is 0 Å². The summed E-state index contributed by atoms with van der Waals surface area (Å²) in [6.45, 7) is 6.55. The summed E-state index contributed by atoms with van der Waals surface area (Å²) in [5.74, 6) is 0.685. The SMILES string of the molecule is C=Cc1ncc(C)c(C2CCCCO2)n1. The van der Waals surface area contributed by atoms with Crippen LogP contribution >= 0.6 is 0 Å². The summed E-state index contributed by atoms with van der Waals surface area (Å²) >= 11 is 0. The third-order valence-corrected chi connectivity index (χ3v) is 2.70. The van der Waals surface area contributed by atoms with E-state index < -0.39 is 0 Å². The van der Waals surface area contributed by atoms with Crippen LogP contribution in [0, 0.1) is 6.92 Å². The predicted octanol–water partition coefficient (Wildman–Crippen LogP) is 2.67. The Bertz CT molecular complexity index is 357. The van der Waals surface area contributed by atoms with Crippen LogP contribution in [0.1, 0.15) is 42.4 Å². The third-order valence-electron chi connectivity index (χ3n) is 2.70. The lowest BCUT2D eigenvalue weighted by Crippen LogP contribution is -2.15. The lowest BCUT2D eigenvalue weighted by Gasteiger charge is -2.23. The normalized spacial score (nSPS) is 21.3. The molecule has 3 nitrogen and oxygen atoms in total. The molecule has 1 aromatic heterocycles. The van der Waals surface area contributed by atoms with E-state index in [9.17, 15) is 0 Å². The van der Waals surface area contributed by atoms with Gasteiger partial charge in [-0.05, 0) is 37.8 Å². The maximum atomic E-state index is 5.72. The topological polar surface area (TPSA) is 35.0 Å². The van der Waals surface area contributed by atoms with E-state index in [2.05, 4.69) is 16.5 Å². The van der Waals surface area contributed by atoms with Gasteiger partial charge < -0.3 is 4.74 Å². The molecule has 1 atom stereocenters. The van der Waals surface area contributed by atoms with Crippen LogP contribution in [0.5, 0.6) is 0 Å². The molecule has 1 fully saturated rings. The van der Waals surface area contributed by atoms with Gasteiger partial charge in [-0.3, -0.25) is 0 Å². The maximum absolute atomic E-state index is 5.72. The molecule has 0 aromatic carbocycles. The number of aryl methyl sites for hydroxylation is 1. The minimum absolute atomic E-state index is 0.153. The van der Waals surface area contributed by atoms with Crippen LogP contribution in [0.25, 0.3) is 6.08 Å². The highest BCUT2D eigenvalue weighted by molar-refractivity contribution is 5.37. The van der Waals surface area contributed by atoms with E-state index in [0.717, 1.165) is 30.7 Å². The van der Waals surface area contributed by atoms with Gasteiger partial charge in [0, 0.05) is 12.8 Å². The average Bonchev–Trinajstić information content (AvgIpc) is 2.31. The molecule has 2 heterocycles. The highest BCUT2D eigenvalue weighted by Gasteiger charge is 2.19. The molecule has 1 aliphatic rings. The van der Waals surface area contributed by atoms with Gasteiger partial charge in [-0.25, -0.2) is 9.97 Å². The number of nitrogens with zero attached hydrogens (tertiary/aromatic N) is 2. The van der Waals surface area contributed by atoms with Crippen molar-refractivity contribution in [2.75, 3.05) is 6.61 Å². The number of rotatable bonds is 2. The van der Waals surface area contributed by atoms with Gasteiger partial charge in [0.05, 0.1) is 11.8 Å². The van der Waals surface area contributed by atoms with Gasteiger partial charge in [0.15, 0.2) is 5.82 Å². The molecule has 0 aliphatic carbocycles. The molecule has 3 heteroatoms. The molecule has 2 rings (SSSR count). The van der Waals surface area contributed by atoms with E-state index in [-0.39, 0.29) is 6.10 Å². The summed E-state index contributed by atoms with van der Waals surface area (Å²) in [5.41, 5.74) is 2.13. The number of aromatic nitrogens is 2. The highest BCUT2D eigenvalue weighted by Crippen LogP contribution is 2.28. The fraction of sp³-hybridized carbons (Fsp3) is 0.500. The van der Waals surface area contributed by atoms with Crippen molar-refractivity contribution in [3.05, 3.63) is 29.9 Å². The van der Waals surface area contributed by atoms with E-state index in [0.29, 0.717) is 5.82 Å². The zero-order chi connectivity index (χ0) is 10.7. The molecule has 0 spiro atoms. The second-order valence-electron chi connectivity index (χ2n) is 3.86. The second kappa shape index (κ2) is 4.53. The molecule has 1 aromatic rings. The van der Waals surface area contributed by atoms with Crippen molar-refractivity contribution in [3.8, 4) is 0 Å². The van der Waals surface area contributed by atoms with E-state index in [1.54, 1.807) is 6.08 Å². The molecule has 0 bridgehead atoms. The van der Waals surface area contributed by atoms with Crippen LogP contribution < -0.4 is 0 Å². The minimum atomic E-state index is 0.153. The third kappa shape index (κ3) is 2.23. The first-order valence-corrected chi connectivity index (χ1v) is 5.39. The van der Waals surface area contributed by atoms with Crippen LogP contribution in [-0.4, -0.2) is 16.6 Å². The van der Waals surface area contributed by atoms with Gasteiger partial charge in [0.25, 0.3) is 0 Å². The summed E-state index contributed by atoms with van der Waals surface area (Å²) in [4.78, 5) is 8.63. The van der Waals surface area contributed by atoms with Crippen LogP contribution in [0.3, 0.4) is 0 Å². The van der Waals surface area contributed by atoms with Crippen molar-refractivity contribution in [1.82, 2.24) is 9.97 Å². The zero-order valence-corrected chi connectivity index (χ0v) is 9.07. The highest BCUT2D eigenvalue weighted by atomic mass is 16.5. The first-order valence-electron chi connectivity index (χ1n) is 5.39. The fourth-order valence-electron chi connectivity index (χ4n) is 1.85. The van der Waals surface area contributed by atoms with Crippen molar-refractivity contribution in [2.45, 2.75) is 32.3 Å². The molecule has 1 saturated heterocycles. The van der Waals surface area contributed by atoms with Crippen molar-refractivity contribution in [1.29, 1.82) is 0 Å². The molecule has 15 heavy (non-hydrogen) atoms. The molecular formula is C12H16N2O. The predicted molar refractivity (Wildman–Crippen MR) is 59.4 cm³/mol. The molecule has 80 valence electrons. The monoisotopic (exact) mass is 204 g/mol. The Morgan fingerprint density at radius 3 is 3.07 bits per heavy atom. The number of ether oxygens (including phenoxy) is 1. The summed E-state index contributed by atoms with van der Waals surface area (Å²) in [6, 6.07) is 0. The summed E-state index contributed by atoms with van der Waals surface area (Å²) in [5, 5.41) is 0. The zero-order valence-electron chi connectivity index (χ0n) is 9.07. The maximum Gasteiger partial charge on any atom is 0.151 e. The quantitative estimate of drug-likeness (QED) is 0.742.